The Morgan fingerprint density at radius 1 is 1.33 bits per heavy atom. The van der Waals surface area contributed by atoms with E-state index in [9.17, 15) is 4.79 Å². The minimum absolute atomic E-state index is 0.0666. The lowest BCUT2D eigenvalue weighted by atomic mass is 9.84. The molecule has 0 saturated heterocycles. The average molecular weight is 216 g/mol. The Labute approximate surface area is 92.8 Å². The molecule has 0 aliphatic carbocycles. The molecule has 3 nitrogen and oxygen atoms in total. The van der Waals surface area contributed by atoms with E-state index in [2.05, 4.69) is 0 Å². The first-order valence-corrected chi connectivity index (χ1v) is 5.56. The van der Waals surface area contributed by atoms with Crippen LogP contribution >= 0.6 is 0 Å². The van der Waals surface area contributed by atoms with Gasteiger partial charge in [0, 0.05) is 6.61 Å². The zero-order valence-corrected chi connectivity index (χ0v) is 10.5. The number of ether oxygens (including phenoxy) is 1. The molecular weight excluding hydrogens is 192 g/mol. The van der Waals surface area contributed by atoms with E-state index in [4.69, 9.17) is 9.84 Å². The number of hydrogen-bond acceptors (Lipinski definition) is 3. The zero-order valence-electron chi connectivity index (χ0n) is 10.5. The maximum Gasteiger partial charge on any atom is 0.308 e. The molecule has 0 aliphatic rings. The molecule has 0 saturated carbocycles. The van der Waals surface area contributed by atoms with Crippen LogP contribution in [-0.4, -0.2) is 24.3 Å². The number of aliphatic hydroxyl groups excluding tert-OH is 1. The maximum absolute atomic E-state index is 11.2. The third kappa shape index (κ3) is 6.50. The number of hydrogen-bond donors (Lipinski definition) is 1. The van der Waals surface area contributed by atoms with Crippen molar-refractivity contribution in [3.05, 3.63) is 0 Å². The minimum Gasteiger partial charge on any atom is -0.465 e. The summed E-state index contributed by atoms with van der Waals surface area (Å²) in [5, 5.41) is 9.10. The van der Waals surface area contributed by atoms with Gasteiger partial charge in [-0.3, -0.25) is 4.79 Å². The summed E-state index contributed by atoms with van der Waals surface area (Å²) in [6.07, 6.45) is 0.856. The van der Waals surface area contributed by atoms with E-state index in [1.807, 2.05) is 34.6 Å². The Hall–Kier alpha value is -0.570. The van der Waals surface area contributed by atoms with Crippen LogP contribution in [0.4, 0.5) is 0 Å². The van der Waals surface area contributed by atoms with E-state index in [1.54, 1.807) is 0 Å². The molecule has 0 aromatic carbocycles. The minimum atomic E-state index is -0.149. The summed E-state index contributed by atoms with van der Waals surface area (Å²) in [5.41, 5.74) is -0.0936. The van der Waals surface area contributed by atoms with Crippen LogP contribution in [-0.2, 0) is 9.53 Å². The summed E-state index contributed by atoms with van der Waals surface area (Å²) in [5.74, 6) is 0.0709. The number of carbonyl (C=O) groups excluding carboxylic acids is 1. The van der Waals surface area contributed by atoms with E-state index in [0.717, 1.165) is 6.42 Å². The Morgan fingerprint density at radius 2 is 1.87 bits per heavy atom. The van der Waals surface area contributed by atoms with Gasteiger partial charge in [-0.25, -0.2) is 0 Å². The van der Waals surface area contributed by atoms with Crippen LogP contribution in [0.25, 0.3) is 0 Å². The Morgan fingerprint density at radius 3 is 2.27 bits per heavy atom. The molecule has 0 spiro atoms. The average Bonchev–Trinajstić information content (AvgIpc) is 2.13. The van der Waals surface area contributed by atoms with Crippen LogP contribution < -0.4 is 0 Å². The summed E-state index contributed by atoms with van der Waals surface area (Å²) in [7, 11) is 0. The first-order chi connectivity index (χ1) is 6.78. The van der Waals surface area contributed by atoms with Gasteiger partial charge in [0.05, 0.1) is 12.5 Å². The molecule has 0 bridgehead atoms. The van der Waals surface area contributed by atoms with Crippen molar-refractivity contribution in [3.8, 4) is 0 Å². The smallest absolute Gasteiger partial charge is 0.308 e. The summed E-state index contributed by atoms with van der Waals surface area (Å²) in [6.45, 7) is 10.3. The van der Waals surface area contributed by atoms with Crippen molar-refractivity contribution in [3.63, 3.8) is 0 Å². The SMILES string of the molecule is CC(COC(=O)C(C)C)CC(C)(C)CO. The van der Waals surface area contributed by atoms with Crippen LogP contribution in [0.5, 0.6) is 0 Å². The molecule has 0 heterocycles. The quantitative estimate of drug-likeness (QED) is 0.693. The monoisotopic (exact) mass is 216 g/mol. The van der Waals surface area contributed by atoms with Gasteiger partial charge in [-0.05, 0) is 17.8 Å². The fourth-order valence-electron chi connectivity index (χ4n) is 1.46. The third-order valence-corrected chi connectivity index (χ3v) is 2.31. The molecule has 3 heteroatoms. The van der Waals surface area contributed by atoms with Gasteiger partial charge in [-0.1, -0.05) is 34.6 Å². The van der Waals surface area contributed by atoms with Gasteiger partial charge in [0.15, 0.2) is 0 Å². The van der Waals surface area contributed by atoms with Crippen molar-refractivity contribution < 1.29 is 14.6 Å². The second kappa shape index (κ2) is 6.11. The van der Waals surface area contributed by atoms with Crippen LogP contribution in [0, 0.1) is 17.3 Å². The highest BCUT2D eigenvalue weighted by Crippen LogP contribution is 2.24. The van der Waals surface area contributed by atoms with E-state index in [-0.39, 0.29) is 29.8 Å². The fraction of sp³-hybridized carbons (Fsp3) is 0.917. The number of aliphatic hydroxyl groups is 1. The Bertz CT molecular complexity index is 197. The van der Waals surface area contributed by atoms with Gasteiger partial charge in [0.1, 0.15) is 0 Å². The Kier molecular flexibility index (Phi) is 5.88. The van der Waals surface area contributed by atoms with E-state index in [1.165, 1.54) is 0 Å². The molecule has 1 atom stereocenters. The normalized spacial score (nSPS) is 14.1. The van der Waals surface area contributed by atoms with Crippen molar-refractivity contribution in [2.24, 2.45) is 17.3 Å². The summed E-state index contributed by atoms with van der Waals surface area (Å²) >= 11 is 0. The molecule has 1 unspecified atom stereocenters. The van der Waals surface area contributed by atoms with E-state index < -0.39 is 0 Å². The van der Waals surface area contributed by atoms with Gasteiger partial charge in [-0.2, -0.15) is 0 Å². The molecule has 0 rings (SSSR count). The summed E-state index contributed by atoms with van der Waals surface area (Å²) < 4.78 is 5.14. The van der Waals surface area contributed by atoms with Crippen molar-refractivity contribution in [2.75, 3.05) is 13.2 Å². The van der Waals surface area contributed by atoms with Gasteiger partial charge >= 0.3 is 5.97 Å². The Balaban J connectivity index is 3.85. The molecule has 0 aromatic heterocycles. The lowest BCUT2D eigenvalue weighted by Crippen LogP contribution is -2.24. The van der Waals surface area contributed by atoms with Crippen molar-refractivity contribution in [2.45, 2.75) is 41.0 Å². The fourth-order valence-corrected chi connectivity index (χ4v) is 1.46. The molecule has 1 N–H and O–H groups in total. The van der Waals surface area contributed by atoms with E-state index >= 15 is 0 Å². The molecule has 0 fully saturated rings. The molecular formula is C12H24O3. The van der Waals surface area contributed by atoms with Gasteiger partial charge in [0.2, 0.25) is 0 Å². The molecule has 0 amide bonds. The first kappa shape index (κ1) is 14.4. The summed E-state index contributed by atoms with van der Waals surface area (Å²) in [6, 6.07) is 0. The topological polar surface area (TPSA) is 46.5 Å². The largest absolute Gasteiger partial charge is 0.465 e. The third-order valence-electron chi connectivity index (χ3n) is 2.31. The highest BCUT2D eigenvalue weighted by molar-refractivity contribution is 5.71. The van der Waals surface area contributed by atoms with Gasteiger partial charge in [0.25, 0.3) is 0 Å². The summed E-state index contributed by atoms with van der Waals surface area (Å²) in [4.78, 5) is 11.2. The number of carbonyl (C=O) groups is 1. The zero-order chi connectivity index (χ0) is 12.1. The number of rotatable bonds is 6. The highest BCUT2D eigenvalue weighted by Gasteiger charge is 2.21. The standard InChI is InChI=1S/C12H24O3/c1-9(2)11(14)15-7-10(3)6-12(4,5)8-13/h9-10,13H,6-8H2,1-5H3. The molecule has 15 heavy (non-hydrogen) atoms. The van der Waals surface area contributed by atoms with Gasteiger partial charge < -0.3 is 9.84 Å². The predicted octanol–water partition coefficient (Wildman–Crippen LogP) is 2.23. The van der Waals surface area contributed by atoms with E-state index in [0.29, 0.717) is 6.61 Å². The molecule has 90 valence electrons. The van der Waals surface area contributed by atoms with Crippen molar-refractivity contribution >= 4 is 5.97 Å². The van der Waals surface area contributed by atoms with Crippen molar-refractivity contribution in [1.82, 2.24) is 0 Å². The lowest BCUT2D eigenvalue weighted by Gasteiger charge is -2.25. The molecule has 0 aliphatic heterocycles. The van der Waals surface area contributed by atoms with Crippen molar-refractivity contribution in [1.29, 1.82) is 0 Å². The second-order valence-corrected chi connectivity index (χ2v) is 5.42. The highest BCUT2D eigenvalue weighted by atomic mass is 16.5. The first-order valence-electron chi connectivity index (χ1n) is 5.56. The van der Waals surface area contributed by atoms with Crippen LogP contribution in [0.15, 0.2) is 0 Å². The molecule has 0 radical (unpaired) electrons. The van der Waals surface area contributed by atoms with Gasteiger partial charge in [-0.15, -0.1) is 0 Å². The predicted molar refractivity (Wildman–Crippen MR) is 60.4 cm³/mol. The maximum atomic E-state index is 11.2. The molecule has 0 aromatic rings. The lowest BCUT2D eigenvalue weighted by molar-refractivity contribution is -0.148. The van der Waals surface area contributed by atoms with Crippen LogP contribution in [0.3, 0.4) is 0 Å². The van der Waals surface area contributed by atoms with Crippen LogP contribution in [0.2, 0.25) is 0 Å². The second-order valence-electron chi connectivity index (χ2n) is 5.42. The van der Waals surface area contributed by atoms with Crippen LogP contribution in [0.1, 0.15) is 41.0 Å². The number of esters is 1.